The smallest absolute Gasteiger partial charge is 0.186 e. The van der Waals surface area contributed by atoms with Crippen molar-refractivity contribution < 1.29 is 4.79 Å². The van der Waals surface area contributed by atoms with Gasteiger partial charge in [-0.1, -0.05) is 36.0 Å². The number of hydrogen-bond acceptors (Lipinski definition) is 5. The number of rotatable bonds is 4. The third-order valence-corrected chi connectivity index (χ3v) is 3.52. The number of nitriles is 1. The molecule has 1 aromatic heterocycles. The van der Waals surface area contributed by atoms with Crippen LogP contribution in [-0.4, -0.2) is 20.6 Å². The van der Waals surface area contributed by atoms with Crippen LogP contribution < -0.4 is 5.73 Å². The van der Waals surface area contributed by atoms with Gasteiger partial charge in [0.05, 0.1) is 11.9 Å². The first-order chi connectivity index (χ1) is 10.1. The molecule has 1 heterocycles. The van der Waals surface area contributed by atoms with Gasteiger partial charge in [0.25, 0.3) is 0 Å². The zero-order valence-electron chi connectivity index (χ0n) is 11.5. The number of carbonyl (C=O) groups is 1. The molecule has 106 valence electrons. The summed E-state index contributed by atoms with van der Waals surface area (Å²) in [6.07, 6.45) is 5.34. The van der Waals surface area contributed by atoms with Gasteiger partial charge in [0, 0.05) is 12.7 Å². The normalized spacial score (nSPS) is 10.7. The summed E-state index contributed by atoms with van der Waals surface area (Å²) in [5.74, 6) is 0.994. The van der Waals surface area contributed by atoms with E-state index in [0.717, 1.165) is 11.3 Å². The van der Waals surface area contributed by atoms with Gasteiger partial charge >= 0.3 is 0 Å². The molecule has 0 bridgehead atoms. The fourth-order valence-corrected chi connectivity index (χ4v) is 2.15. The average molecular weight is 298 g/mol. The molecule has 0 radical (unpaired) electrons. The number of hydrogen-bond donors (Lipinski definition) is 1. The SMILES string of the molecule is CC(=O)SCC=Cc1ccc(-n2ncc(C#N)c2N)cc1. The van der Waals surface area contributed by atoms with Crippen LogP contribution >= 0.6 is 11.8 Å². The van der Waals surface area contributed by atoms with Crippen molar-refractivity contribution >= 4 is 28.8 Å². The molecule has 2 rings (SSSR count). The van der Waals surface area contributed by atoms with Crippen molar-refractivity contribution in [1.82, 2.24) is 9.78 Å². The van der Waals surface area contributed by atoms with Crippen molar-refractivity contribution in [1.29, 1.82) is 5.26 Å². The van der Waals surface area contributed by atoms with Crippen LogP contribution in [0.1, 0.15) is 18.1 Å². The summed E-state index contributed by atoms with van der Waals surface area (Å²) in [5.41, 5.74) is 8.02. The number of aromatic nitrogens is 2. The highest BCUT2D eigenvalue weighted by atomic mass is 32.2. The van der Waals surface area contributed by atoms with E-state index in [-0.39, 0.29) is 5.12 Å². The molecule has 0 aliphatic rings. The lowest BCUT2D eigenvalue weighted by Crippen LogP contribution is -2.02. The zero-order chi connectivity index (χ0) is 15.2. The van der Waals surface area contributed by atoms with Crippen LogP contribution in [0.15, 0.2) is 36.5 Å². The summed E-state index contributed by atoms with van der Waals surface area (Å²) in [6, 6.07) is 9.60. The van der Waals surface area contributed by atoms with Crippen molar-refractivity contribution in [3.8, 4) is 11.8 Å². The van der Waals surface area contributed by atoms with E-state index < -0.39 is 0 Å². The lowest BCUT2D eigenvalue weighted by atomic mass is 10.2. The minimum absolute atomic E-state index is 0.109. The van der Waals surface area contributed by atoms with Crippen LogP contribution in [0.5, 0.6) is 0 Å². The van der Waals surface area contributed by atoms with E-state index in [1.165, 1.54) is 22.6 Å². The van der Waals surface area contributed by atoms with E-state index in [9.17, 15) is 4.79 Å². The molecule has 0 saturated heterocycles. The maximum atomic E-state index is 10.8. The molecule has 0 amide bonds. The number of nitrogens with zero attached hydrogens (tertiary/aromatic N) is 3. The first-order valence-corrected chi connectivity index (χ1v) is 7.24. The first kappa shape index (κ1) is 14.9. The second-order valence-corrected chi connectivity index (χ2v) is 5.46. The monoisotopic (exact) mass is 298 g/mol. The molecule has 0 aliphatic carbocycles. The average Bonchev–Trinajstić information content (AvgIpc) is 2.85. The van der Waals surface area contributed by atoms with E-state index in [0.29, 0.717) is 17.1 Å². The summed E-state index contributed by atoms with van der Waals surface area (Å²) in [6.45, 7) is 1.55. The Morgan fingerprint density at radius 2 is 2.19 bits per heavy atom. The Bertz CT molecular complexity index is 710. The van der Waals surface area contributed by atoms with E-state index >= 15 is 0 Å². The topological polar surface area (TPSA) is 84.7 Å². The summed E-state index contributed by atoms with van der Waals surface area (Å²) >= 11 is 1.27. The second kappa shape index (κ2) is 6.77. The summed E-state index contributed by atoms with van der Waals surface area (Å²) in [7, 11) is 0. The number of nitrogens with two attached hydrogens (primary N) is 1. The van der Waals surface area contributed by atoms with Gasteiger partial charge in [-0.05, 0) is 17.7 Å². The number of anilines is 1. The highest BCUT2D eigenvalue weighted by Gasteiger charge is 2.07. The van der Waals surface area contributed by atoms with Crippen molar-refractivity contribution in [3.05, 3.63) is 47.7 Å². The molecule has 0 unspecified atom stereocenters. The maximum Gasteiger partial charge on any atom is 0.186 e. The number of benzene rings is 1. The molecule has 0 saturated carbocycles. The lowest BCUT2D eigenvalue weighted by Gasteiger charge is -2.04. The van der Waals surface area contributed by atoms with Crippen LogP contribution in [0.4, 0.5) is 5.82 Å². The molecule has 0 atom stereocenters. The van der Waals surface area contributed by atoms with E-state index in [2.05, 4.69) is 5.10 Å². The Morgan fingerprint density at radius 3 is 2.76 bits per heavy atom. The van der Waals surface area contributed by atoms with E-state index in [1.54, 1.807) is 6.92 Å². The van der Waals surface area contributed by atoms with Gasteiger partial charge in [0.1, 0.15) is 17.5 Å². The Morgan fingerprint density at radius 1 is 1.48 bits per heavy atom. The molecule has 0 aliphatic heterocycles. The van der Waals surface area contributed by atoms with Crippen LogP contribution in [0.2, 0.25) is 0 Å². The third-order valence-electron chi connectivity index (χ3n) is 2.76. The summed E-state index contributed by atoms with van der Waals surface area (Å²) in [4.78, 5) is 10.8. The van der Waals surface area contributed by atoms with Crippen LogP contribution in [-0.2, 0) is 4.79 Å². The summed E-state index contributed by atoms with van der Waals surface area (Å²) < 4.78 is 1.53. The molecular weight excluding hydrogens is 284 g/mol. The highest BCUT2D eigenvalue weighted by molar-refractivity contribution is 8.13. The zero-order valence-corrected chi connectivity index (χ0v) is 12.3. The number of nitrogen functional groups attached to an aromatic ring is 1. The van der Waals surface area contributed by atoms with Gasteiger partial charge in [0.2, 0.25) is 0 Å². The van der Waals surface area contributed by atoms with E-state index in [4.69, 9.17) is 11.0 Å². The fraction of sp³-hybridized carbons (Fsp3) is 0.133. The van der Waals surface area contributed by atoms with Crippen molar-refractivity contribution in [2.45, 2.75) is 6.92 Å². The van der Waals surface area contributed by atoms with Crippen LogP contribution in [0, 0.1) is 11.3 Å². The van der Waals surface area contributed by atoms with Crippen molar-refractivity contribution in [3.63, 3.8) is 0 Å². The molecule has 2 aromatic rings. The van der Waals surface area contributed by atoms with Gasteiger partial charge in [-0.3, -0.25) is 4.79 Å². The van der Waals surface area contributed by atoms with Crippen LogP contribution in [0.3, 0.4) is 0 Å². The minimum Gasteiger partial charge on any atom is -0.382 e. The molecule has 0 spiro atoms. The standard InChI is InChI=1S/C15H14N4OS/c1-11(20)21-8-2-3-12-4-6-14(7-5-12)19-15(17)13(9-16)10-18-19/h2-7,10H,8,17H2,1H3. The maximum absolute atomic E-state index is 10.8. The number of carbonyl (C=O) groups excluding carboxylic acids is 1. The minimum atomic E-state index is 0.109. The number of thioether (sulfide) groups is 1. The Balaban J connectivity index is 2.10. The van der Waals surface area contributed by atoms with Crippen molar-refractivity contribution in [2.75, 3.05) is 11.5 Å². The predicted octanol–water partition coefficient (Wildman–Crippen LogP) is 2.62. The molecule has 1 aromatic carbocycles. The van der Waals surface area contributed by atoms with Crippen molar-refractivity contribution in [2.24, 2.45) is 0 Å². The molecule has 6 heteroatoms. The van der Waals surface area contributed by atoms with Gasteiger partial charge in [-0.25, -0.2) is 4.68 Å². The van der Waals surface area contributed by atoms with E-state index in [1.807, 2.05) is 42.5 Å². The molecule has 21 heavy (non-hydrogen) atoms. The second-order valence-electron chi connectivity index (χ2n) is 4.26. The lowest BCUT2D eigenvalue weighted by molar-refractivity contribution is -0.109. The molecular formula is C15H14N4OS. The van der Waals surface area contributed by atoms with Crippen LogP contribution in [0.25, 0.3) is 11.8 Å². The van der Waals surface area contributed by atoms with Gasteiger partial charge < -0.3 is 5.73 Å². The Kier molecular flexibility index (Phi) is 4.80. The Hall–Kier alpha value is -2.52. The first-order valence-electron chi connectivity index (χ1n) is 6.25. The molecule has 5 nitrogen and oxygen atoms in total. The van der Waals surface area contributed by atoms with Gasteiger partial charge in [-0.2, -0.15) is 10.4 Å². The Labute approximate surface area is 127 Å². The quantitative estimate of drug-likeness (QED) is 0.937. The van der Waals surface area contributed by atoms with Gasteiger partial charge in [-0.15, -0.1) is 0 Å². The summed E-state index contributed by atoms with van der Waals surface area (Å²) in [5, 5.41) is 13.1. The largest absolute Gasteiger partial charge is 0.382 e. The highest BCUT2D eigenvalue weighted by Crippen LogP contribution is 2.17. The predicted molar refractivity (Wildman–Crippen MR) is 84.9 cm³/mol. The molecule has 2 N–H and O–H groups in total. The fourth-order valence-electron chi connectivity index (χ4n) is 1.73. The molecule has 0 fully saturated rings. The van der Waals surface area contributed by atoms with Gasteiger partial charge in [0.15, 0.2) is 5.12 Å². The third kappa shape index (κ3) is 3.74.